The summed E-state index contributed by atoms with van der Waals surface area (Å²) in [6.45, 7) is 6.45. The van der Waals surface area contributed by atoms with E-state index in [4.69, 9.17) is 15.2 Å². The van der Waals surface area contributed by atoms with Crippen LogP contribution in [0, 0.1) is 5.41 Å². The van der Waals surface area contributed by atoms with Gasteiger partial charge in [0, 0.05) is 6.04 Å². The molecule has 0 heterocycles. The van der Waals surface area contributed by atoms with Gasteiger partial charge in [-0.2, -0.15) is 0 Å². The summed E-state index contributed by atoms with van der Waals surface area (Å²) in [5, 5.41) is 0. The Hall–Kier alpha value is -1.22. The van der Waals surface area contributed by atoms with Crippen molar-refractivity contribution in [1.82, 2.24) is 0 Å². The first-order valence-corrected chi connectivity index (χ1v) is 5.85. The zero-order valence-electron chi connectivity index (χ0n) is 11.4. The maximum Gasteiger partial charge on any atom is 0.160 e. The Morgan fingerprint density at radius 2 is 1.71 bits per heavy atom. The van der Waals surface area contributed by atoms with Crippen LogP contribution in [0.4, 0.5) is 0 Å². The van der Waals surface area contributed by atoms with E-state index in [0.717, 1.165) is 17.9 Å². The monoisotopic (exact) mass is 237 g/mol. The summed E-state index contributed by atoms with van der Waals surface area (Å²) in [6.07, 6.45) is 0.837. The number of hydrogen-bond acceptors (Lipinski definition) is 3. The zero-order valence-corrected chi connectivity index (χ0v) is 11.4. The van der Waals surface area contributed by atoms with Crippen LogP contribution in [0.15, 0.2) is 18.2 Å². The van der Waals surface area contributed by atoms with Crippen molar-refractivity contribution in [1.29, 1.82) is 0 Å². The molecule has 0 saturated carbocycles. The molecule has 0 aromatic heterocycles. The van der Waals surface area contributed by atoms with Crippen LogP contribution in [-0.2, 0) is 6.42 Å². The van der Waals surface area contributed by atoms with Crippen molar-refractivity contribution < 1.29 is 9.47 Å². The van der Waals surface area contributed by atoms with Gasteiger partial charge in [0.15, 0.2) is 11.5 Å². The molecule has 0 amide bonds. The molecule has 2 N–H and O–H groups in total. The van der Waals surface area contributed by atoms with Gasteiger partial charge in [0.2, 0.25) is 0 Å². The van der Waals surface area contributed by atoms with Gasteiger partial charge in [-0.15, -0.1) is 0 Å². The predicted molar refractivity (Wildman–Crippen MR) is 70.7 cm³/mol. The molecule has 1 unspecified atom stereocenters. The first-order chi connectivity index (χ1) is 7.88. The lowest BCUT2D eigenvalue weighted by Crippen LogP contribution is -2.36. The predicted octanol–water partition coefficient (Wildman–Crippen LogP) is 2.62. The van der Waals surface area contributed by atoms with Gasteiger partial charge in [-0.3, -0.25) is 0 Å². The summed E-state index contributed by atoms with van der Waals surface area (Å²) in [4.78, 5) is 0. The van der Waals surface area contributed by atoms with E-state index in [0.29, 0.717) is 0 Å². The fraction of sp³-hybridized carbons (Fsp3) is 0.571. The van der Waals surface area contributed by atoms with Gasteiger partial charge in [-0.1, -0.05) is 26.8 Å². The van der Waals surface area contributed by atoms with Crippen molar-refractivity contribution in [3.63, 3.8) is 0 Å². The van der Waals surface area contributed by atoms with E-state index < -0.39 is 0 Å². The summed E-state index contributed by atoms with van der Waals surface area (Å²) in [7, 11) is 3.28. The molecule has 96 valence electrons. The summed E-state index contributed by atoms with van der Waals surface area (Å²) in [5.41, 5.74) is 7.45. The van der Waals surface area contributed by atoms with Crippen LogP contribution in [0.25, 0.3) is 0 Å². The fourth-order valence-electron chi connectivity index (χ4n) is 1.57. The van der Waals surface area contributed by atoms with Crippen LogP contribution in [0.1, 0.15) is 26.3 Å². The number of rotatable bonds is 4. The van der Waals surface area contributed by atoms with Crippen molar-refractivity contribution in [2.45, 2.75) is 33.2 Å². The second kappa shape index (κ2) is 5.41. The maximum atomic E-state index is 6.17. The third-order valence-electron chi connectivity index (χ3n) is 3.02. The van der Waals surface area contributed by atoms with Crippen molar-refractivity contribution in [3.8, 4) is 11.5 Å². The van der Waals surface area contributed by atoms with Crippen LogP contribution in [0.2, 0.25) is 0 Å². The molecule has 17 heavy (non-hydrogen) atoms. The number of ether oxygens (including phenoxy) is 2. The largest absolute Gasteiger partial charge is 0.493 e. The van der Waals surface area contributed by atoms with Crippen molar-refractivity contribution in [3.05, 3.63) is 23.8 Å². The number of hydrogen-bond donors (Lipinski definition) is 1. The van der Waals surface area contributed by atoms with Crippen LogP contribution in [0.3, 0.4) is 0 Å². The Kier molecular flexibility index (Phi) is 4.40. The topological polar surface area (TPSA) is 44.5 Å². The quantitative estimate of drug-likeness (QED) is 0.875. The molecular weight excluding hydrogens is 214 g/mol. The Morgan fingerprint density at radius 3 is 2.18 bits per heavy atom. The van der Waals surface area contributed by atoms with Crippen molar-refractivity contribution in [2.75, 3.05) is 14.2 Å². The summed E-state index contributed by atoms with van der Waals surface area (Å²) >= 11 is 0. The minimum absolute atomic E-state index is 0.104. The molecule has 1 aromatic carbocycles. The smallest absolute Gasteiger partial charge is 0.160 e. The molecule has 3 heteroatoms. The summed E-state index contributed by atoms with van der Waals surface area (Å²) < 4.78 is 10.5. The second-order valence-corrected chi connectivity index (χ2v) is 5.37. The van der Waals surface area contributed by atoms with E-state index in [1.165, 1.54) is 5.56 Å². The lowest BCUT2D eigenvalue weighted by atomic mass is 9.84. The van der Waals surface area contributed by atoms with Crippen LogP contribution < -0.4 is 15.2 Å². The third kappa shape index (κ3) is 3.63. The molecule has 0 radical (unpaired) electrons. The van der Waals surface area contributed by atoms with E-state index >= 15 is 0 Å². The van der Waals surface area contributed by atoms with E-state index in [1.54, 1.807) is 14.2 Å². The molecule has 1 aromatic rings. The van der Waals surface area contributed by atoms with Crippen LogP contribution in [0.5, 0.6) is 11.5 Å². The Morgan fingerprint density at radius 1 is 1.12 bits per heavy atom. The highest BCUT2D eigenvalue weighted by atomic mass is 16.5. The molecule has 0 spiro atoms. The van der Waals surface area contributed by atoms with Gasteiger partial charge in [-0.05, 0) is 29.5 Å². The Bertz CT molecular complexity index is 369. The first-order valence-electron chi connectivity index (χ1n) is 5.85. The number of benzene rings is 1. The van der Waals surface area contributed by atoms with E-state index in [2.05, 4.69) is 20.8 Å². The molecule has 0 aliphatic rings. The molecule has 0 bridgehead atoms. The lowest BCUT2D eigenvalue weighted by molar-refractivity contribution is 0.317. The molecule has 1 rings (SSSR count). The lowest BCUT2D eigenvalue weighted by Gasteiger charge is -2.27. The van der Waals surface area contributed by atoms with Gasteiger partial charge in [0.1, 0.15) is 0 Å². The normalized spacial score (nSPS) is 13.3. The average molecular weight is 237 g/mol. The minimum atomic E-state index is 0.104. The number of methoxy groups -OCH3 is 2. The SMILES string of the molecule is COc1ccc(CC(N)C(C)(C)C)cc1OC. The van der Waals surface area contributed by atoms with Gasteiger partial charge < -0.3 is 15.2 Å². The average Bonchev–Trinajstić information content (AvgIpc) is 2.27. The highest BCUT2D eigenvalue weighted by molar-refractivity contribution is 5.43. The maximum absolute atomic E-state index is 6.17. The van der Waals surface area contributed by atoms with Gasteiger partial charge in [0.05, 0.1) is 14.2 Å². The van der Waals surface area contributed by atoms with Crippen LogP contribution >= 0.6 is 0 Å². The van der Waals surface area contributed by atoms with Crippen molar-refractivity contribution in [2.24, 2.45) is 11.1 Å². The molecule has 1 atom stereocenters. The van der Waals surface area contributed by atoms with E-state index in [1.807, 2.05) is 18.2 Å². The molecule has 0 aliphatic carbocycles. The Balaban J connectivity index is 2.86. The zero-order chi connectivity index (χ0) is 13.1. The summed E-state index contributed by atoms with van der Waals surface area (Å²) in [6, 6.07) is 6.07. The van der Waals surface area contributed by atoms with Crippen molar-refractivity contribution >= 4 is 0 Å². The molecule has 3 nitrogen and oxygen atoms in total. The molecule has 0 aliphatic heterocycles. The van der Waals surface area contributed by atoms with Gasteiger partial charge in [-0.25, -0.2) is 0 Å². The standard InChI is InChI=1S/C14H23NO2/c1-14(2,3)13(15)9-10-6-7-11(16-4)12(8-10)17-5/h6-8,13H,9,15H2,1-5H3. The summed E-state index contributed by atoms with van der Waals surface area (Å²) in [5.74, 6) is 1.51. The highest BCUT2D eigenvalue weighted by Crippen LogP contribution is 2.29. The van der Waals surface area contributed by atoms with Gasteiger partial charge >= 0.3 is 0 Å². The van der Waals surface area contributed by atoms with Gasteiger partial charge in [0.25, 0.3) is 0 Å². The second-order valence-electron chi connectivity index (χ2n) is 5.37. The Labute approximate surface area is 104 Å². The van der Waals surface area contributed by atoms with E-state index in [-0.39, 0.29) is 11.5 Å². The highest BCUT2D eigenvalue weighted by Gasteiger charge is 2.21. The molecule has 0 fully saturated rings. The third-order valence-corrected chi connectivity index (χ3v) is 3.02. The van der Waals surface area contributed by atoms with E-state index in [9.17, 15) is 0 Å². The van der Waals surface area contributed by atoms with Crippen LogP contribution in [-0.4, -0.2) is 20.3 Å². The first kappa shape index (κ1) is 13.8. The minimum Gasteiger partial charge on any atom is -0.493 e. The molecule has 0 saturated heterocycles. The molecular formula is C14H23NO2. The fourth-order valence-corrected chi connectivity index (χ4v) is 1.57. The number of nitrogens with two attached hydrogens (primary N) is 1.